The average Bonchev–Trinajstić information content (AvgIpc) is 3.06. The molecule has 6 nitrogen and oxygen atoms in total. The highest BCUT2D eigenvalue weighted by Gasteiger charge is 2.23. The van der Waals surface area contributed by atoms with Crippen LogP contribution >= 0.6 is 0 Å². The summed E-state index contributed by atoms with van der Waals surface area (Å²) in [5.74, 6) is 1.56. The smallest absolute Gasteiger partial charge is 0.224 e. The number of carbonyl (C=O) groups excluding carboxylic acids is 1. The SMILES string of the molecule is CN(C[C@H]1COc2ccccc2O1)C(=O)CCn1cccn1. The number of para-hydroxylation sites is 2. The molecule has 1 aromatic heterocycles. The highest BCUT2D eigenvalue weighted by Crippen LogP contribution is 2.30. The van der Waals surface area contributed by atoms with Crippen molar-refractivity contribution in [3.63, 3.8) is 0 Å². The number of aromatic nitrogens is 2. The van der Waals surface area contributed by atoms with E-state index in [0.717, 1.165) is 11.5 Å². The van der Waals surface area contributed by atoms with Gasteiger partial charge < -0.3 is 14.4 Å². The number of likely N-dealkylation sites (N-methyl/N-ethyl adjacent to an activating group) is 1. The number of aryl methyl sites for hydroxylation is 1. The lowest BCUT2D eigenvalue weighted by Crippen LogP contribution is -2.42. The van der Waals surface area contributed by atoms with Gasteiger partial charge in [0.15, 0.2) is 17.6 Å². The molecule has 116 valence electrons. The van der Waals surface area contributed by atoms with E-state index in [2.05, 4.69) is 5.10 Å². The minimum absolute atomic E-state index is 0.0676. The van der Waals surface area contributed by atoms with Gasteiger partial charge in [0.1, 0.15) is 6.61 Å². The topological polar surface area (TPSA) is 56.6 Å². The molecule has 0 N–H and O–H groups in total. The standard InChI is InChI=1S/C16H19N3O3/c1-18(16(20)7-10-19-9-4-8-17-19)11-13-12-21-14-5-2-3-6-15(14)22-13/h2-6,8-9,13H,7,10-12H2,1H3/t13-/m0/s1. The zero-order valence-corrected chi connectivity index (χ0v) is 12.5. The Morgan fingerprint density at radius 2 is 2.18 bits per heavy atom. The summed E-state index contributed by atoms with van der Waals surface area (Å²) < 4.78 is 13.3. The molecule has 2 aromatic rings. The maximum atomic E-state index is 12.1. The zero-order valence-electron chi connectivity index (χ0n) is 12.5. The quantitative estimate of drug-likeness (QED) is 0.841. The van der Waals surface area contributed by atoms with Gasteiger partial charge in [0.2, 0.25) is 5.91 Å². The van der Waals surface area contributed by atoms with Crippen molar-refractivity contribution >= 4 is 5.91 Å². The molecule has 1 aliphatic heterocycles. The van der Waals surface area contributed by atoms with Crippen LogP contribution in [0.1, 0.15) is 6.42 Å². The fourth-order valence-corrected chi connectivity index (χ4v) is 2.39. The number of hydrogen-bond acceptors (Lipinski definition) is 4. The molecule has 22 heavy (non-hydrogen) atoms. The number of benzene rings is 1. The van der Waals surface area contributed by atoms with Crippen molar-refractivity contribution in [2.75, 3.05) is 20.2 Å². The third-order valence-electron chi connectivity index (χ3n) is 3.58. The third kappa shape index (κ3) is 3.39. The number of amides is 1. The summed E-state index contributed by atoms with van der Waals surface area (Å²) in [6, 6.07) is 9.42. The molecule has 3 rings (SSSR count). The Kier molecular flexibility index (Phi) is 4.27. The van der Waals surface area contributed by atoms with Crippen molar-refractivity contribution < 1.29 is 14.3 Å². The molecule has 0 spiro atoms. The second-order valence-electron chi connectivity index (χ2n) is 5.29. The third-order valence-corrected chi connectivity index (χ3v) is 3.58. The highest BCUT2D eigenvalue weighted by atomic mass is 16.6. The molecule has 0 fully saturated rings. The van der Waals surface area contributed by atoms with Gasteiger partial charge in [-0.1, -0.05) is 12.1 Å². The second kappa shape index (κ2) is 6.51. The van der Waals surface area contributed by atoms with E-state index in [9.17, 15) is 4.79 Å². The van der Waals surface area contributed by atoms with Gasteiger partial charge in [-0.3, -0.25) is 9.48 Å². The van der Waals surface area contributed by atoms with E-state index in [0.29, 0.717) is 26.1 Å². The first-order valence-electron chi connectivity index (χ1n) is 7.32. The molecular weight excluding hydrogens is 282 g/mol. The van der Waals surface area contributed by atoms with E-state index in [4.69, 9.17) is 9.47 Å². The molecule has 1 amide bonds. The van der Waals surface area contributed by atoms with Gasteiger partial charge in [-0.05, 0) is 18.2 Å². The predicted molar refractivity (Wildman–Crippen MR) is 80.8 cm³/mol. The Bertz CT molecular complexity index is 627. The summed E-state index contributed by atoms with van der Waals surface area (Å²) in [6.45, 7) is 1.54. The van der Waals surface area contributed by atoms with E-state index >= 15 is 0 Å². The molecular formula is C16H19N3O3. The molecule has 0 unspecified atom stereocenters. The summed E-state index contributed by atoms with van der Waals surface area (Å²) in [4.78, 5) is 13.8. The van der Waals surface area contributed by atoms with Crippen LogP contribution in [0.4, 0.5) is 0 Å². The summed E-state index contributed by atoms with van der Waals surface area (Å²) in [7, 11) is 1.79. The first-order chi connectivity index (χ1) is 10.7. The predicted octanol–water partition coefficient (Wildman–Crippen LogP) is 1.57. The Hall–Kier alpha value is -2.50. The van der Waals surface area contributed by atoms with E-state index in [1.54, 1.807) is 22.8 Å². The monoisotopic (exact) mass is 301 g/mol. The molecule has 2 heterocycles. The Morgan fingerprint density at radius 3 is 2.95 bits per heavy atom. The molecule has 0 saturated carbocycles. The molecule has 0 saturated heterocycles. The number of rotatable bonds is 5. The van der Waals surface area contributed by atoms with Crippen molar-refractivity contribution in [2.24, 2.45) is 0 Å². The molecule has 6 heteroatoms. The Balaban J connectivity index is 1.49. The van der Waals surface area contributed by atoms with Crippen molar-refractivity contribution in [1.29, 1.82) is 0 Å². The van der Waals surface area contributed by atoms with Gasteiger partial charge in [-0.15, -0.1) is 0 Å². The first-order valence-corrected chi connectivity index (χ1v) is 7.32. The van der Waals surface area contributed by atoms with E-state index < -0.39 is 0 Å². The maximum absolute atomic E-state index is 12.1. The minimum atomic E-state index is -0.145. The van der Waals surface area contributed by atoms with Crippen LogP contribution in [-0.2, 0) is 11.3 Å². The lowest BCUT2D eigenvalue weighted by molar-refractivity contribution is -0.131. The summed E-state index contributed by atoms with van der Waals surface area (Å²) in [5, 5.41) is 4.09. The van der Waals surface area contributed by atoms with Crippen molar-refractivity contribution in [3.8, 4) is 11.5 Å². The van der Waals surface area contributed by atoms with E-state index in [1.807, 2.05) is 36.5 Å². The normalized spacial score (nSPS) is 16.3. The zero-order chi connectivity index (χ0) is 15.4. The van der Waals surface area contributed by atoms with Crippen LogP contribution in [-0.4, -0.2) is 46.9 Å². The number of carbonyl (C=O) groups is 1. The van der Waals surface area contributed by atoms with Crippen LogP contribution in [0.15, 0.2) is 42.7 Å². The van der Waals surface area contributed by atoms with Gasteiger partial charge in [0.25, 0.3) is 0 Å². The van der Waals surface area contributed by atoms with Gasteiger partial charge in [0, 0.05) is 32.4 Å². The molecule has 0 aliphatic carbocycles. The molecule has 1 aliphatic rings. The van der Waals surface area contributed by atoms with Gasteiger partial charge in [0.05, 0.1) is 6.54 Å². The fraction of sp³-hybridized carbons (Fsp3) is 0.375. The van der Waals surface area contributed by atoms with Crippen molar-refractivity contribution in [2.45, 2.75) is 19.1 Å². The maximum Gasteiger partial charge on any atom is 0.224 e. The van der Waals surface area contributed by atoms with Crippen LogP contribution in [0.25, 0.3) is 0 Å². The van der Waals surface area contributed by atoms with Crippen LogP contribution < -0.4 is 9.47 Å². The van der Waals surface area contributed by atoms with Crippen LogP contribution in [0.2, 0.25) is 0 Å². The second-order valence-corrected chi connectivity index (χ2v) is 5.29. The molecule has 1 aromatic carbocycles. The average molecular weight is 301 g/mol. The first kappa shape index (κ1) is 14.4. The number of ether oxygens (including phenoxy) is 2. The van der Waals surface area contributed by atoms with Crippen LogP contribution in [0.5, 0.6) is 11.5 Å². The van der Waals surface area contributed by atoms with E-state index in [-0.39, 0.29) is 12.0 Å². The van der Waals surface area contributed by atoms with Crippen molar-refractivity contribution in [3.05, 3.63) is 42.7 Å². The lowest BCUT2D eigenvalue weighted by Gasteiger charge is -2.29. The Labute approximate surface area is 129 Å². The summed E-state index contributed by atoms with van der Waals surface area (Å²) in [6.07, 6.45) is 3.83. The van der Waals surface area contributed by atoms with E-state index in [1.165, 1.54) is 0 Å². The van der Waals surface area contributed by atoms with Crippen LogP contribution in [0, 0.1) is 0 Å². The van der Waals surface area contributed by atoms with Crippen molar-refractivity contribution in [1.82, 2.24) is 14.7 Å². The fourth-order valence-electron chi connectivity index (χ4n) is 2.39. The molecule has 0 radical (unpaired) electrons. The van der Waals surface area contributed by atoms with Gasteiger partial charge in [-0.2, -0.15) is 5.10 Å². The summed E-state index contributed by atoms with van der Waals surface area (Å²) >= 11 is 0. The number of fused-ring (bicyclic) bond motifs is 1. The van der Waals surface area contributed by atoms with Crippen LogP contribution in [0.3, 0.4) is 0 Å². The minimum Gasteiger partial charge on any atom is -0.486 e. The molecule has 0 bridgehead atoms. The largest absolute Gasteiger partial charge is 0.486 e. The number of hydrogen-bond donors (Lipinski definition) is 0. The highest BCUT2D eigenvalue weighted by molar-refractivity contribution is 5.75. The Morgan fingerprint density at radius 1 is 1.36 bits per heavy atom. The van der Waals surface area contributed by atoms with Gasteiger partial charge >= 0.3 is 0 Å². The molecule has 1 atom stereocenters. The summed E-state index contributed by atoms with van der Waals surface area (Å²) in [5.41, 5.74) is 0. The van der Waals surface area contributed by atoms with Gasteiger partial charge in [-0.25, -0.2) is 0 Å². The lowest BCUT2D eigenvalue weighted by atomic mass is 10.2. The number of nitrogens with zero attached hydrogens (tertiary/aromatic N) is 3.